The third kappa shape index (κ3) is 3.93. The maximum Gasteiger partial charge on any atom is 0.146 e. The summed E-state index contributed by atoms with van der Waals surface area (Å²) >= 11 is 0. The molecule has 0 amide bonds. The maximum absolute atomic E-state index is 14.2. The van der Waals surface area contributed by atoms with Crippen LogP contribution in [0.25, 0.3) is 0 Å². The average Bonchev–Trinajstić information content (AvgIpc) is 1.99. The van der Waals surface area contributed by atoms with Gasteiger partial charge >= 0.3 is 0 Å². The van der Waals surface area contributed by atoms with Gasteiger partial charge in [0.15, 0.2) is 0 Å². The molecule has 0 aromatic rings. The molecule has 1 heterocycles. The second-order valence-corrected chi connectivity index (χ2v) is 5.39. The van der Waals surface area contributed by atoms with E-state index in [-0.39, 0.29) is 12.2 Å². The lowest BCUT2D eigenvalue weighted by atomic mass is 9.96. The Morgan fingerprint density at radius 1 is 1.43 bits per heavy atom. The Bertz CT molecular complexity index is 190. The number of piperidine rings is 1. The van der Waals surface area contributed by atoms with E-state index in [1.165, 1.54) is 0 Å². The van der Waals surface area contributed by atoms with Crippen LogP contribution in [0.15, 0.2) is 0 Å². The topological polar surface area (TPSA) is 12.5 Å². The molecule has 1 saturated heterocycles. The first-order valence-electron chi connectivity index (χ1n) is 5.32. The van der Waals surface area contributed by atoms with Crippen LogP contribution >= 0.6 is 0 Å². The van der Waals surface area contributed by atoms with Crippen molar-refractivity contribution in [2.45, 2.75) is 44.9 Å². The van der Waals surface area contributed by atoms with Crippen LogP contribution in [0.3, 0.4) is 0 Å². The molecule has 0 aromatic carbocycles. The summed E-state index contributed by atoms with van der Waals surface area (Å²) < 4.78 is 19.7. The quantitative estimate of drug-likeness (QED) is 0.682. The van der Waals surface area contributed by atoms with E-state index in [0.717, 1.165) is 13.0 Å². The molecule has 0 radical (unpaired) electrons. The van der Waals surface area contributed by atoms with Gasteiger partial charge in [-0.2, -0.15) is 0 Å². The van der Waals surface area contributed by atoms with Gasteiger partial charge < -0.3 is 9.64 Å². The lowest BCUT2D eigenvalue weighted by molar-refractivity contribution is -0.0841. The number of likely N-dealkylation sites (tertiary alicyclic amines) is 1. The van der Waals surface area contributed by atoms with Crippen LogP contribution in [0.4, 0.5) is 4.39 Å². The molecular formula is C11H22FNO. The first-order valence-corrected chi connectivity index (χ1v) is 5.32. The minimum atomic E-state index is -1.14. The molecule has 14 heavy (non-hydrogen) atoms. The van der Waals surface area contributed by atoms with Crippen molar-refractivity contribution in [3.8, 4) is 0 Å². The zero-order valence-electron chi connectivity index (χ0n) is 9.77. The van der Waals surface area contributed by atoms with Gasteiger partial charge in [-0.25, -0.2) is 4.39 Å². The highest BCUT2D eigenvalue weighted by atomic mass is 19.1. The Morgan fingerprint density at radius 3 is 2.57 bits per heavy atom. The molecule has 1 aliphatic rings. The van der Waals surface area contributed by atoms with Crippen molar-refractivity contribution < 1.29 is 9.13 Å². The highest BCUT2D eigenvalue weighted by molar-refractivity contribution is 4.87. The third-order valence-corrected chi connectivity index (χ3v) is 2.48. The molecule has 84 valence electrons. The standard InChI is InChI=1S/C11H22FNO/c1-10(2,3)14-9-11(12)6-5-7-13(4)8-11/h5-9H2,1-4H3/t11-/m1/s1. The Kier molecular flexibility index (Phi) is 3.53. The van der Waals surface area contributed by atoms with Crippen molar-refractivity contribution >= 4 is 0 Å². The van der Waals surface area contributed by atoms with Crippen molar-refractivity contribution in [1.82, 2.24) is 4.90 Å². The third-order valence-electron chi connectivity index (χ3n) is 2.48. The minimum Gasteiger partial charge on any atom is -0.372 e. The fourth-order valence-electron chi connectivity index (χ4n) is 1.77. The van der Waals surface area contributed by atoms with Crippen LogP contribution in [-0.4, -0.2) is 42.9 Å². The van der Waals surface area contributed by atoms with Crippen LogP contribution in [0.1, 0.15) is 33.6 Å². The van der Waals surface area contributed by atoms with E-state index in [0.29, 0.717) is 13.0 Å². The fourth-order valence-corrected chi connectivity index (χ4v) is 1.77. The second kappa shape index (κ2) is 4.15. The monoisotopic (exact) mass is 203 g/mol. The number of ether oxygens (including phenoxy) is 1. The Morgan fingerprint density at radius 2 is 2.07 bits per heavy atom. The van der Waals surface area contributed by atoms with Crippen molar-refractivity contribution in [1.29, 1.82) is 0 Å². The Balaban J connectivity index is 2.41. The first kappa shape index (κ1) is 11.9. The van der Waals surface area contributed by atoms with Crippen LogP contribution in [0.5, 0.6) is 0 Å². The molecule has 1 aliphatic heterocycles. The number of hydrogen-bond donors (Lipinski definition) is 0. The van der Waals surface area contributed by atoms with Crippen LogP contribution < -0.4 is 0 Å². The highest BCUT2D eigenvalue weighted by Crippen LogP contribution is 2.26. The van der Waals surface area contributed by atoms with E-state index in [9.17, 15) is 4.39 Å². The van der Waals surface area contributed by atoms with Crippen molar-refractivity contribution in [2.75, 3.05) is 26.7 Å². The first-order chi connectivity index (χ1) is 6.31. The van der Waals surface area contributed by atoms with Crippen LogP contribution in [-0.2, 0) is 4.74 Å². The molecule has 0 saturated carbocycles. The van der Waals surface area contributed by atoms with Gasteiger partial charge in [-0.1, -0.05) is 0 Å². The van der Waals surface area contributed by atoms with Gasteiger partial charge in [0.2, 0.25) is 0 Å². The van der Waals surface area contributed by atoms with E-state index >= 15 is 0 Å². The number of hydrogen-bond acceptors (Lipinski definition) is 2. The molecule has 0 aliphatic carbocycles. The lowest BCUT2D eigenvalue weighted by Crippen LogP contribution is -2.47. The summed E-state index contributed by atoms with van der Waals surface area (Å²) in [6.07, 6.45) is 1.56. The van der Waals surface area contributed by atoms with Crippen molar-refractivity contribution in [3.63, 3.8) is 0 Å². The zero-order chi connectivity index (χ0) is 10.8. The molecule has 2 nitrogen and oxygen atoms in total. The van der Waals surface area contributed by atoms with Crippen LogP contribution in [0.2, 0.25) is 0 Å². The number of alkyl halides is 1. The van der Waals surface area contributed by atoms with Crippen molar-refractivity contribution in [3.05, 3.63) is 0 Å². The second-order valence-electron chi connectivity index (χ2n) is 5.39. The summed E-state index contributed by atoms with van der Waals surface area (Å²) in [4.78, 5) is 2.04. The fraction of sp³-hybridized carbons (Fsp3) is 1.00. The maximum atomic E-state index is 14.2. The zero-order valence-corrected chi connectivity index (χ0v) is 9.77. The Hall–Kier alpha value is -0.150. The molecule has 0 bridgehead atoms. The number of halogens is 1. The van der Waals surface area contributed by atoms with Gasteiger partial charge in [0.25, 0.3) is 0 Å². The van der Waals surface area contributed by atoms with E-state index in [4.69, 9.17) is 4.74 Å². The van der Waals surface area contributed by atoms with Gasteiger partial charge in [-0.3, -0.25) is 0 Å². The predicted molar refractivity (Wildman–Crippen MR) is 56.3 cm³/mol. The van der Waals surface area contributed by atoms with Gasteiger partial charge in [-0.15, -0.1) is 0 Å². The van der Waals surface area contributed by atoms with Crippen molar-refractivity contribution in [2.24, 2.45) is 0 Å². The van der Waals surface area contributed by atoms with E-state index in [2.05, 4.69) is 0 Å². The van der Waals surface area contributed by atoms with Gasteiger partial charge in [-0.05, 0) is 47.2 Å². The predicted octanol–water partition coefficient (Wildman–Crippen LogP) is 2.24. The largest absolute Gasteiger partial charge is 0.372 e. The minimum absolute atomic E-state index is 0.223. The van der Waals surface area contributed by atoms with Gasteiger partial charge in [0.1, 0.15) is 5.67 Å². The number of nitrogens with zero attached hydrogens (tertiary/aromatic N) is 1. The number of rotatable bonds is 2. The Labute approximate surface area is 86.4 Å². The molecule has 3 heteroatoms. The summed E-state index contributed by atoms with van der Waals surface area (Å²) in [6, 6.07) is 0. The van der Waals surface area contributed by atoms with Crippen LogP contribution in [0, 0.1) is 0 Å². The van der Waals surface area contributed by atoms with E-state index < -0.39 is 5.67 Å². The molecule has 0 N–H and O–H groups in total. The normalized spacial score (nSPS) is 30.6. The molecule has 0 unspecified atom stereocenters. The summed E-state index contributed by atoms with van der Waals surface area (Å²) in [7, 11) is 1.96. The molecule has 0 spiro atoms. The SMILES string of the molecule is CN1CCC[C@](F)(COC(C)(C)C)C1. The van der Waals surface area contributed by atoms with Gasteiger partial charge in [0.05, 0.1) is 12.2 Å². The molecule has 1 fully saturated rings. The molecule has 1 atom stereocenters. The molecule has 0 aromatic heterocycles. The lowest BCUT2D eigenvalue weighted by Gasteiger charge is -2.36. The summed E-state index contributed by atoms with van der Waals surface area (Å²) in [5.41, 5.74) is -1.38. The smallest absolute Gasteiger partial charge is 0.146 e. The highest BCUT2D eigenvalue weighted by Gasteiger charge is 2.35. The summed E-state index contributed by atoms with van der Waals surface area (Å²) in [5, 5.41) is 0. The van der Waals surface area contributed by atoms with E-state index in [1.807, 2.05) is 32.7 Å². The summed E-state index contributed by atoms with van der Waals surface area (Å²) in [5.74, 6) is 0. The van der Waals surface area contributed by atoms with E-state index in [1.54, 1.807) is 0 Å². The molecular weight excluding hydrogens is 181 g/mol. The summed E-state index contributed by atoms with van der Waals surface area (Å²) in [6.45, 7) is 7.61. The van der Waals surface area contributed by atoms with Gasteiger partial charge in [0, 0.05) is 6.54 Å². The molecule has 1 rings (SSSR count). The average molecular weight is 203 g/mol.